The largest absolute Gasteiger partial charge is 0.379 e. The zero-order valence-corrected chi connectivity index (χ0v) is 20.5. The van der Waals surface area contributed by atoms with E-state index in [4.69, 9.17) is 17.0 Å². The lowest BCUT2D eigenvalue weighted by atomic mass is 9.97. The Bertz CT molecular complexity index is 1460. The van der Waals surface area contributed by atoms with Crippen molar-refractivity contribution < 1.29 is 13.2 Å². The van der Waals surface area contributed by atoms with Gasteiger partial charge in [-0.25, -0.2) is 8.42 Å². The average molecular weight is 505 g/mol. The van der Waals surface area contributed by atoms with E-state index < -0.39 is 10.0 Å². The van der Waals surface area contributed by atoms with Crippen LogP contribution in [0.5, 0.6) is 0 Å². The van der Waals surface area contributed by atoms with E-state index in [9.17, 15) is 8.42 Å². The number of nitrogens with zero attached hydrogens (tertiary/aromatic N) is 2. The van der Waals surface area contributed by atoms with Crippen molar-refractivity contribution in [3.05, 3.63) is 84.4 Å². The zero-order chi connectivity index (χ0) is 24.3. The van der Waals surface area contributed by atoms with Gasteiger partial charge in [-0.2, -0.15) is 9.41 Å². The molecule has 1 fully saturated rings. The molecule has 0 unspecified atom stereocenters. The Kier molecular flexibility index (Phi) is 6.74. The molecule has 4 aromatic carbocycles. The fourth-order valence-corrected chi connectivity index (χ4v) is 5.73. The van der Waals surface area contributed by atoms with Crippen LogP contribution in [0, 0.1) is 0 Å². The van der Waals surface area contributed by atoms with Crippen molar-refractivity contribution in [2.75, 3.05) is 31.6 Å². The zero-order valence-electron chi connectivity index (χ0n) is 18.8. The van der Waals surface area contributed by atoms with E-state index in [0.29, 0.717) is 37.1 Å². The highest BCUT2D eigenvalue weighted by Gasteiger charge is 2.26. The molecular formula is C26H24N4O3S2. The first kappa shape index (κ1) is 23.4. The predicted molar refractivity (Wildman–Crippen MR) is 144 cm³/mol. The van der Waals surface area contributed by atoms with E-state index in [1.807, 2.05) is 24.3 Å². The molecule has 0 aliphatic carbocycles. The second-order valence-corrected chi connectivity index (χ2v) is 10.4. The Balaban J connectivity index is 1.28. The third-order valence-electron chi connectivity index (χ3n) is 5.89. The second kappa shape index (κ2) is 10.1. The summed E-state index contributed by atoms with van der Waals surface area (Å²) in [6, 6.07) is 25.1. The van der Waals surface area contributed by atoms with E-state index in [1.54, 1.807) is 30.5 Å². The van der Waals surface area contributed by atoms with Crippen molar-refractivity contribution in [2.45, 2.75) is 4.90 Å². The van der Waals surface area contributed by atoms with Crippen LogP contribution in [-0.2, 0) is 14.8 Å². The lowest BCUT2D eigenvalue weighted by molar-refractivity contribution is 0.0730. The van der Waals surface area contributed by atoms with Gasteiger partial charge in [0.2, 0.25) is 10.0 Å². The van der Waals surface area contributed by atoms with Crippen LogP contribution >= 0.6 is 12.2 Å². The summed E-state index contributed by atoms with van der Waals surface area (Å²) in [5.74, 6) is 0. The van der Waals surface area contributed by atoms with Crippen LogP contribution in [0.1, 0.15) is 5.56 Å². The van der Waals surface area contributed by atoms with Gasteiger partial charge in [-0.1, -0.05) is 48.5 Å². The van der Waals surface area contributed by atoms with Crippen molar-refractivity contribution in [1.82, 2.24) is 9.73 Å². The van der Waals surface area contributed by atoms with E-state index in [1.165, 1.54) is 4.31 Å². The molecule has 1 heterocycles. The Morgan fingerprint density at radius 1 is 0.914 bits per heavy atom. The quantitative estimate of drug-likeness (QED) is 0.182. The van der Waals surface area contributed by atoms with Crippen molar-refractivity contribution in [2.24, 2.45) is 5.10 Å². The van der Waals surface area contributed by atoms with Gasteiger partial charge in [-0.15, -0.1) is 0 Å². The molecule has 9 heteroatoms. The predicted octanol–water partition coefficient (Wildman–Crippen LogP) is 4.33. The average Bonchev–Trinajstić information content (AvgIpc) is 2.89. The summed E-state index contributed by atoms with van der Waals surface area (Å²) < 4.78 is 32.2. The van der Waals surface area contributed by atoms with Crippen LogP contribution in [0.25, 0.3) is 21.5 Å². The maximum absolute atomic E-state index is 12.8. The lowest BCUT2D eigenvalue weighted by Gasteiger charge is -2.26. The first-order chi connectivity index (χ1) is 17.0. The molecule has 1 aliphatic rings. The van der Waals surface area contributed by atoms with Crippen LogP contribution in [0.2, 0.25) is 0 Å². The number of thiocarbonyl (C=S) groups is 1. The van der Waals surface area contributed by atoms with Crippen molar-refractivity contribution in [1.29, 1.82) is 0 Å². The number of fused-ring (bicyclic) bond motifs is 2. The van der Waals surface area contributed by atoms with Crippen LogP contribution in [0.15, 0.2) is 88.9 Å². The number of rotatable bonds is 5. The van der Waals surface area contributed by atoms with Gasteiger partial charge in [-0.05, 0) is 64.1 Å². The number of nitrogens with one attached hydrogen (secondary N) is 2. The van der Waals surface area contributed by atoms with Crippen LogP contribution < -0.4 is 10.7 Å². The molecule has 0 amide bonds. The third-order valence-corrected chi connectivity index (χ3v) is 8.00. The molecule has 178 valence electrons. The Labute approximate surface area is 209 Å². The van der Waals surface area contributed by atoms with Gasteiger partial charge in [0.25, 0.3) is 0 Å². The number of ether oxygens (including phenoxy) is 1. The Hall–Kier alpha value is -3.37. The third kappa shape index (κ3) is 5.03. The minimum absolute atomic E-state index is 0.240. The van der Waals surface area contributed by atoms with E-state index in [-0.39, 0.29) is 4.90 Å². The van der Waals surface area contributed by atoms with Crippen molar-refractivity contribution in [3.63, 3.8) is 0 Å². The topological polar surface area (TPSA) is 83.0 Å². The molecule has 0 saturated carbocycles. The monoisotopic (exact) mass is 504 g/mol. The highest BCUT2D eigenvalue weighted by Crippen LogP contribution is 2.27. The molecule has 35 heavy (non-hydrogen) atoms. The number of anilines is 1. The lowest BCUT2D eigenvalue weighted by Crippen LogP contribution is -2.40. The van der Waals surface area contributed by atoms with Gasteiger partial charge in [0, 0.05) is 24.3 Å². The maximum Gasteiger partial charge on any atom is 0.243 e. The number of hydrazone groups is 1. The van der Waals surface area contributed by atoms with Crippen LogP contribution in [0.3, 0.4) is 0 Å². The smallest absolute Gasteiger partial charge is 0.243 e. The Morgan fingerprint density at radius 2 is 1.51 bits per heavy atom. The van der Waals surface area contributed by atoms with Crippen molar-refractivity contribution in [3.8, 4) is 0 Å². The summed E-state index contributed by atoms with van der Waals surface area (Å²) in [7, 11) is -3.53. The van der Waals surface area contributed by atoms with Gasteiger partial charge >= 0.3 is 0 Å². The molecular weight excluding hydrogens is 480 g/mol. The van der Waals surface area contributed by atoms with Gasteiger partial charge < -0.3 is 10.1 Å². The molecule has 0 spiro atoms. The fourth-order valence-electron chi connectivity index (χ4n) is 4.15. The number of morpholine rings is 1. The molecule has 0 bridgehead atoms. The first-order valence-electron chi connectivity index (χ1n) is 11.2. The standard InChI is InChI=1S/C26H24N4O3S2/c31-35(32,30-13-15-33-16-14-30)22-11-9-21(10-12-22)28-26(34)29-27-18-25-23-7-3-1-5-19(23)17-20-6-2-4-8-24(20)25/h1-12,17-18H,13-16H2,(H2,28,29,34). The van der Waals surface area contributed by atoms with E-state index in [0.717, 1.165) is 27.1 Å². The molecule has 0 atom stereocenters. The molecule has 0 aromatic heterocycles. The minimum atomic E-state index is -3.53. The van der Waals surface area contributed by atoms with E-state index in [2.05, 4.69) is 46.2 Å². The Morgan fingerprint density at radius 3 is 2.14 bits per heavy atom. The summed E-state index contributed by atoms with van der Waals surface area (Å²) in [5.41, 5.74) is 4.52. The SMILES string of the molecule is O=S(=O)(c1ccc(NC(=S)NN=Cc2c3ccccc3cc3ccccc23)cc1)N1CCOCC1. The van der Waals surface area contributed by atoms with Gasteiger partial charge in [0.05, 0.1) is 24.3 Å². The maximum atomic E-state index is 12.8. The normalized spacial score (nSPS) is 15.0. The second-order valence-electron chi connectivity index (χ2n) is 8.10. The molecule has 2 N–H and O–H groups in total. The fraction of sp³-hybridized carbons (Fsp3) is 0.154. The molecule has 7 nitrogen and oxygen atoms in total. The number of hydrogen-bond donors (Lipinski definition) is 2. The highest BCUT2D eigenvalue weighted by atomic mass is 32.2. The van der Waals surface area contributed by atoms with Crippen LogP contribution in [-0.4, -0.2) is 50.4 Å². The number of hydrogen-bond acceptors (Lipinski definition) is 5. The summed E-state index contributed by atoms with van der Waals surface area (Å²) >= 11 is 5.38. The molecule has 1 aliphatic heterocycles. The van der Waals surface area contributed by atoms with Gasteiger partial charge in [0.15, 0.2) is 5.11 Å². The highest BCUT2D eigenvalue weighted by molar-refractivity contribution is 7.89. The molecule has 4 aromatic rings. The van der Waals surface area contributed by atoms with Crippen molar-refractivity contribution >= 4 is 60.8 Å². The number of benzene rings is 4. The summed E-state index contributed by atoms with van der Waals surface area (Å²) in [4.78, 5) is 0.240. The molecule has 5 rings (SSSR count). The molecule has 0 radical (unpaired) electrons. The number of sulfonamides is 1. The minimum Gasteiger partial charge on any atom is -0.379 e. The van der Waals surface area contributed by atoms with Gasteiger partial charge in [-0.3, -0.25) is 5.43 Å². The summed E-state index contributed by atoms with van der Waals surface area (Å²) in [6.07, 6.45) is 1.77. The van der Waals surface area contributed by atoms with E-state index >= 15 is 0 Å². The van der Waals surface area contributed by atoms with Crippen LogP contribution in [0.4, 0.5) is 5.69 Å². The molecule has 1 saturated heterocycles. The first-order valence-corrected chi connectivity index (χ1v) is 13.1. The summed E-state index contributed by atoms with van der Waals surface area (Å²) in [6.45, 7) is 1.54. The summed E-state index contributed by atoms with van der Waals surface area (Å²) in [5, 5.41) is 12.2. The van der Waals surface area contributed by atoms with Gasteiger partial charge in [0.1, 0.15) is 0 Å².